The van der Waals surface area contributed by atoms with Crippen molar-refractivity contribution in [2.24, 2.45) is 0 Å². The molecule has 0 unspecified atom stereocenters. The highest BCUT2D eigenvalue weighted by Crippen LogP contribution is 2.25. The normalized spacial score (nSPS) is 10.2. The fourth-order valence-corrected chi connectivity index (χ4v) is 2.59. The smallest absolute Gasteiger partial charge is 0.229 e. The number of hydrogen-bond donors (Lipinski definition) is 1. The zero-order valence-electron chi connectivity index (χ0n) is 8.74. The van der Waals surface area contributed by atoms with Crippen LogP contribution in [0.15, 0.2) is 40.2 Å². The number of halogens is 2. The molecular formula is C12H9BrClNOS. The maximum Gasteiger partial charge on any atom is 0.229 e. The summed E-state index contributed by atoms with van der Waals surface area (Å²) in [6.45, 7) is 0. The van der Waals surface area contributed by atoms with E-state index in [1.54, 1.807) is 23.5 Å². The molecule has 0 saturated carbocycles. The summed E-state index contributed by atoms with van der Waals surface area (Å²) in [6.07, 6.45) is 0.376. The summed E-state index contributed by atoms with van der Waals surface area (Å²) in [4.78, 5) is 12.8. The van der Waals surface area contributed by atoms with Crippen molar-refractivity contribution in [3.8, 4) is 0 Å². The van der Waals surface area contributed by atoms with Gasteiger partial charge < -0.3 is 5.32 Å². The molecule has 2 rings (SSSR count). The fourth-order valence-electron chi connectivity index (χ4n) is 1.36. The Bertz CT molecular complexity index is 527. The minimum Gasteiger partial charge on any atom is -0.324 e. The van der Waals surface area contributed by atoms with Crippen molar-refractivity contribution in [1.82, 2.24) is 0 Å². The summed E-state index contributed by atoms with van der Waals surface area (Å²) in [5.74, 6) is -0.0625. The van der Waals surface area contributed by atoms with Crippen molar-refractivity contribution in [1.29, 1.82) is 0 Å². The predicted octanol–water partition coefficient (Wildman–Crippen LogP) is 4.35. The van der Waals surface area contributed by atoms with Crippen molar-refractivity contribution < 1.29 is 4.79 Å². The molecule has 0 aliphatic carbocycles. The highest BCUT2D eigenvalue weighted by molar-refractivity contribution is 9.10. The summed E-state index contributed by atoms with van der Waals surface area (Å²) >= 11 is 10.9. The quantitative estimate of drug-likeness (QED) is 0.891. The average Bonchev–Trinajstić information content (AvgIpc) is 2.76. The van der Waals surface area contributed by atoms with Crippen molar-refractivity contribution >= 4 is 50.5 Å². The van der Waals surface area contributed by atoms with Crippen LogP contribution in [0.5, 0.6) is 0 Å². The molecule has 0 aliphatic rings. The summed E-state index contributed by atoms with van der Waals surface area (Å²) < 4.78 is 0.883. The first-order valence-corrected chi connectivity index (χ1v) is 6.97. The molecule has 0 aliphatic heterocycles. The highest BCUT2D eigenvalue weighted by Gasteiger charge is 2.07. The Morgan fingerprint density at radius 2 is 2.24 bits per heavy atom. The van der Waals surface area contributed by atoms with Crippen LogP contribution in [0.3, 0.4) is 0 Å². The van der Waals surface area contributed by atoms with Crippen LogP contribution in [0.4, 0.5) is 5.69 Å². The van der Waals surface area contributed by atoms with Gasteiger partial charge in [-0.05, 0) is 29.6 Å². The van der Waals surface area contributed by atoms with E-state index in [4.69, 9.17) is 11.6 Å². The Morgan fingerprint density at radius 3 is 2.94 bits per heavy atom. The Morgan fingerprint density at radius 1 is 1.41 bits per heavy atom. The Kier molecular flexibility index (Phi) is 4.20. The maximum atomic E-state index is 11.8. The van der Waals surface area contributed by atoms with Gasteiger partial charge in [-0.2, -0.15) is 0 Å². The van der Waals surface area contributed by atoms with E-state index in [0.29, 0.717) is 17.1 Å². The number of hydrogen-bond acceptors (Lipinski definition) is 2. The van der Waals surface area contributed by atoms with Gasteiger partial charge in [0.2, 0.25) is 5.91 Å². The molecule has 1 heterocycles. The highest BCUT2D eigenvalue weighted by atomic mass is 79.9. The van der Waals surface area contributed by atoms with E-state index in [9.17, 15) is 4.79 Å². The first kappa shape index (κ1) is 12.6. The van der Waals surface area contributed by atoms with Crippen LogP contribution >= 0.6 is 38.9 Å². The van der Waals surface area contributed by atoms with Crippen LogP contribution in [0, 0.1) is 0 Å². The minimum atomic E-state index is -0.0625. The number of benzene rings is 1. The van der Waals surface area contributed by atoms with E-state index in [0.717, 1.165) is 9.35 Å². The van der Waals surface area contributed by atoms with Gasteiger partial charge in [0.05, 0.1) is 17.1 Å². The summed E-state index contributed by atoms with van der Waals surface area (Å²) in [5.41, 5.74) is 0.627. The van der Waals surface area contributed by atoms with Gasteiger partial charge in [-0.15, -0.1) is 11.3 Å². The lowest BCUT2D eigenvalue weighted by molar-refractivity contribution is -0.115. The van der Waals surface area contributed by atoms with E-state index in [1.807, 2.05) is 23.6 Å². The standard InChI is InChI=1S/C12H9BrClNOS/c13-8-3-4-10(14)11(6-8)15-12(16)7-9-2-1-5-17-9/h1-6H,7H2,(H,15,16). The van der Waals surface area contributed by atoms with Gasteiger partial charge in [0, 0.05) is 9.35 Å². The van der Waals surface area contributed by atoms with E-state index in [1.165, 1.54) is 0 Å². The zero-order valence-corrected chi connectivity index (χ0v) is 11.9. The molecule has 1 N–H and O–H groups in total. The fraction of sp³-hybridized carbons (Fsp3) is 0.0833. The number of amides is 1. The van der Waals surface area contributed by atoms with Crippen LogP contribution in [0.25, 0.3) is 0 Å². The van der Waals surface area contributed by atoms with Gasteiger partial charge >= 0.3 is 0 Å². The second-order valence-corrected chi connectivity index (χ2v) is 5.78. The number of carbonyl (C=O) groups excluding carboxylic acids is 1. The van der Waals surface area contributed by atoms with Gasteiger partial charge in [0.1, 0.15) is 0 Å². The third-order valence-corrected chi connectivity index (χ3v) is 3.82. The van der Waals surface area contributed by atoms with Crippen molar-refractivity contribution in [3.05, 3.63) is 50.1 Å². The van der Waals surface area contributed by atoms with Crippen molar-refractivity contribution in [3.63, 3.8) is 0 Å². The molecule has 1 amide bonds. The molecule has 88 valence electrons. The number of rotatable bonds is 3. The van der Waals surface area contributed by atoms with E-state index < -0.39 is 0 Å². The summed E-state index contributed by atoms with van der Waals surface area (Å²) in [5, 5.41) is 5.28. The van der Waals surface area contributed by atoms with Gasteiger partial charge in [0.25, 0.3) is 0 Å². The number of nitrogens with one attached hydrogen (secondary N) is 1. The Balaban J connectivity index is 2.05. The zero-order chi connectivity index (χ0) is 12.3. The molecule has 2 nitrogen and oxygen atoms in total. The third-order valence-electron chi connectivity index (χ3n) is 2.12. The second-order valence-electron chi connectivity index (χ2n) is 3.43. The van der Waals surface area contributed by atoms with Crippen LogP contribution in [-0.2, 0) is 11.2 Å². The maximum absolute atomic E-state index is 11.8. The van der Waals surface area contributed by atoms with Gasteiger partial charge in [0.15, 0.2) is 0 Å². The molecule has 0 saturated heterocycles. The molecule has 17 heavy (non-hydrogen) atoms. The monoisotopic (exact) mass is 329 g/mol. The van der Waals surface area contributed by atoms with Gasteiger partial charge in [-0.25, -0.2) is 0 Å². The summed E-state index contributed by atoms with van der Waals surface area (Å²) in [6, 6.07) is 9.23. The lowest BCUT2D eigenvalue weighted by Gasteiger charge is -2.06. The lowest BCUT2D eigenvalue weighted by atomic mass is 10.3. The van der Waals surface area contributed by atoms with E-state index in [2.05, 4.69) is 21.2 Å². The molecule has 1 aromatic heterocycles. The number of carbonyl (C=O) groups is 1. The van der Waals surface area contributed by atoms with Crippen LogP contribution in [0.2, 0.25) is 5.02 Å². The molecule has 1 aromatic carbocycles. The Labute approximate surface area is 117 Å². The van der Waals surface area contributed by atoms with Gasteiger partial charge in [-0.1, -0.05) is 33.6 Å². The third kappa shape index (κ3) is 3.56. The number of anilines is 1. The minimum absolute atomic E-state index is 0.0625. The van der Waals surface area contributed by atoms with E-state index >= 15 is 0 Å². The average molecular weight is 331 g/mol. The lowest BCUT2D eigenvalue weighted by Crippen LogP contribution is -2.13. The topological polar surface area (TPSA) is 29.1 Å². The van der Waals surface area contributed by atoms with Gasteiger partial charge in [-0.3, -0.25) is 4.79 Å². The number of thiophene rings is 1. The molecule has 0 bridgehead atoms. The van der Waals surface area contributed by atoms with Crippen LogP contribution < -0.4 is 5.32 Å². The first-order valence-electron chi connectivity index (χ1n) is 4.92. The Hall–Kier alpha value is -0.840. The van der Waals surface area contributed by atoms with Crippen LogP contribution in [-0.4, -0.2) is 5.91 Å². The largest absolute Gasteiger partial charge is 0.324 e. The molecular weight excluding hydrogens is 322 g/mol. The SMILES string of the molecule is O=C(Cc1cccs1)Nc1cc(Br)ccc1Cl. The molecule has 0 atom stereocenters. The van der Waals surface area contributed by atoms with Crippen LogP contribution in [0.1, 0.15) is 4.88 Å². The predicted molar refractivity (Wildman–Crippen MR) is 75.8 cm³/mol. The molecule has 0 radical (unpaired) electrons. The van der Waals surface area contributed by atoms with E-state index in [-0.39, 0.29) is 5.91 Å². The molecule has 5 heteroatoms. The first-order chi connectivity index (χ1) is 8.15. The molecule has 0 spiro atoms. The molecule has 2 aromatic rings. The second kappa shape index (κ2) is 5.67. The van der Waals surface area contributed by atoms with Crippen molar-refractivity contribution in [2.45, 2.75) is 6.42 Å². The van der Waals surface area contributed by atoms with Crippen molar-refractivity contribution in [2.75, 3.05) is 5.32 Å². The summed E-state index contributed by atoms with van der Waals surface area (Å²) in [7, 11) is 0. The molecule has 0 fully saturated rings.